The van der Waals surface area contributed by atoms with E-state index in [0.29, 0.717) is 5.69 Å². The fourth-order valence-electron chi connectivity index (χ4n) is 1.63. The molecule has 1 aromatic carbocycles. The van der Waals surface area contributed by atoms with Gasteiger partial charge in [0.05, 0.1) is 5.52 Å². The summed E-state index contributed by atoms with van der Waals surface area (Å²) in [4.78, 5) is 15.8. The molecule has 16 heavy (non-hydrogen) atoms. The van der Waals surface area contributed by atoms with Crippen LogP contribution in [0.2, 0.25) is 0 Å². The van der Waals surface area contributed by atoms with Crippen molar-refractivity contribution in [1.29, 1.82) is 0 Å². The van der Waals surface area contributed by atoms with Gasteiger partial charge in [0, 0.05) is 25.2 Å². The van der Waals surface area contributed by atoms with Crippen LogP contribution >= 0.6 is 0 Å². The molecule has 2 aromatic rings. The maximum atomic E-state index is 11.5. The highest BCUT2D eigenvalue weighted by atomic mass is 16.1. The Labute approximate surface area is 93.7 Å². The van der Waals surface area contributed by atoms with Gasteiger partial charge in [0.15, 0.2) is 0 Å². The molecular weight excluding hydrogens is 202 g/mol. The summed E-state index contributed by atoms with van der Waals surface area (Å²) in [5.41, 5.74) is 2.14. The molecule has 2 N–H and O–H groups in total. The second kappa shape index (κ2) is 4.18. The number of carbonyl (C=O) groups is 1. The lowest BCUT2D eigenvalue weighted by molar-refractivity contribution is 0.0958. The summed E-state index contributed by atoms with van der Waals surface area (Å²) >= 11 is 0. The first-order chi connectivity index (χ1) is 7.76. The smallest absolute Gasteiger partial charge is 0.269 e. The summed E-state index contributed by atoms with van der Waals surface area (Å²) in [6.45, 7) is 0. The van der Waals surface area contributed by atoms with E-state index < -0.39 is 0 Å². The third kappa shape index (κ3) is 1.69. The van der Waals surface area contributed by atoms with Crippen molar-refractivity contribution in [2.24, 2.45) is 0 Å². The van der Waals surface area contributed by atoms with Crippen molar-refractivity contribution in [3.63, 3.8) is 0 Å². The summed E-state index contributed by atoms with van der Waals surface area (Å²) in [5, 5.41) is 6.65. The quantitative estimate of drug-likeness (QED) is 0.800. The van der Waals surface area contributed by atoms with E-state index in [4.69, 9.17) is 0 Å². The maximum absolute atomic E-state index is 11.5. The predicted molar refractivity (Wildman–Crippen MR) is 64.7 cm³/mol. The molecule has 4 nitrogen and oxygen atoms in total. The second-order valence-corrected chi connectivity index (χ2v) is 3.40. The van der Waals surface area contributed by atoms with Gasteiger partial charge in [-0.2, -0.15) is 0 Å². The molecular formula is C12H13N3O. The molecule has 1 amide bonds. The van der Waals surface area contributed by atoms with E-state index in [1.54, 1.807) is 13.1 Å². The number of fused-ring (bicyclic) bond motifs is 1. The van der Waals surface area contributed by atoms with Crippen LogP contribution in [0.25, 0.3) is 10.9 Å². The Hall–Kier alpha value is -2.10. The molecule has 1 aromatic heterocycles. The maximum Gasteiger partial charge on any atom is 0.269 e. The number of amides is 1. The van der Waals surface area contributed by atoms with Crippen LogP contribution in [-0.2, 0) is 0 Å². The highest BCUT2D eigenvalue weighted by Gasteiger charge is 2.09. The van der Waals surface area contributed by atoms with Crippen LogP contribution in [0.5, 0.6) is 0 Å². The Kier molecular flexibility index (Phi) is 2.72. The highest BCUT2D eigenvalue weighted by Crippen LogP contribution is 2.22. The average molecular weight is 215 g/mol. The van der Waals surface area contributed by atoms with E-state index in [0.717, 1.165) is 16.6 Å². The number of hydrogen-bond donors (Lipinski definition) is 2. The van der Waals surface area contributed by atoms with Crippen molar-refractivity contribution in [2.45, 2.75) is 0 Å². The summed E-state index contributed by atoms with van der Waals surface area (Å²) in [7, 11) is 3.42. The molecule has 0 aliphatic rings. The van der Waals surface area contributed by atoms with Crippen LogP contribution in [0.1, 0.15) is 10.5 Å². The zero-order valence-corrected chi connectivity index (χ0v) is 9.24. The van der Waals surface area contributed by atoms with E-state index >= 15 is 0 Å². The van der Waals surface area contributed by atoms with Gasteiger partial charge in [-0.25, -0.2) is 4.98 Å². The lowest BCUT2D eigenvalue weighted by Crippen LogP contribution is -2.19. The van der Waals surface area contributed by atoms with Gasteiger partial charge >= 0.3 is 0 Å². The number of nitrogens with one attached hydrogen (secondary N) is 2. The number of hydrogen-bond acceptors (Lipinski definition) is 3. The summed E-state index contributed by atoms with van der Waals surface area (Å²) in [6.07, 6.45) is 0. The molecule has 0 unspecified atom stereocenters. The highest BCUT2D eigenvalue weighted by molar-refractivity contribution is 5.99. The van der Waals surface area contributed by atoms with Crippen molar-refractivity contribution in [2.75, 3.05) is 19.4 Å². The molecule has 0 aliphatic heterocycles. The first kappa shape index (κ1) is 10.4. The van der Waals surface area contributed by atoms with Gasteiger partial charge in [0.1, 0.15) is 5.69 Å². The lowest BCUT2D eigenvalue weighted by Gasteiger charge is -2.08. The Morgan fingerprint density at radius 1 is 1.25 bits per heavy atom. The third-order valence-corrected chi connectivity index (χ3v) is 2.45. The van der Waals surface area contributed by atoms with Gasteiger partial charge in [-0.05, 0) is 12.1 Å². The molecule has 0 saturated carbocycles. The predicted octanol–water partition coefficient (Wildman–Crippen LogP) is 1.64. The molecule has 2 rings (SSSR count). The van der Waals surface area contributed by atoms with Gasteiger partial charge in [0.2, 0.25) is 0 Å². The summed E-state index contributed by atoms with van der Waals surface area (Å²) < 4.78 is 0. The molecule has 1 heterocycles. The number of para-hydroxylation sites is 1. The molecule has 0 spiro atoms. The summed E-state index contributed by atoms with van der Waals surface area (Å²) in [5.74, 6) is -0.178. The lowest BCUT2D eigenvalue weighted by atomic mass is 10.1. The average Bonchev–Trinajstić information content (AvgIpc) is 2.36. The van der Waals surface area contributed by atoms with Crippen LogP contribution in [-0.4, -0.2) is 25.0 Å². The Balaban J connectivity index is 2.68. The summed E-state index contributed by atoms with van der Waals surface area (Å²) in [6, 6.07) is 9.47. The molecule has 4 heteroatoms. The van der Waals surface area contributed by atoms with E-state index in [2.05, 4.69) is 15.6 Å². The minimum absolute atomic E-state index is 0.178. The van der Waals surface area contributed by atoms with Crippen LogP contribution in [0.3, 0.4) is 0 Å². The number of benzene rings is 1. The van der Waals surface area contributed by atoms with Gasteiger partial charge in [-0.3, -0.25) is 4.79 Å². The van der Waals surface area contributed by atoms with Crippen molar-refractivity contribution >= 4 is 22.5 Å². The minimum Gasteiger partial charge on any atom is -0.388 e. The third-order valence-electron chi connectivity index (χ3n) is 2.45. The number of aromatic nitrogens is 1. The Bertz CT molecular complexity index is 537. The fraction of sp³-hybridized carbons (Fsp3) is 0.167. The molecule has 0 fully saturated rings. The van der Waals surface area contributed by atoms with Gasteiger partial charge < -0.3 is 10.6 Å². The van der Waals surface area contributed by atoms with Crippen molar-refractivity contribution in [3.05, 3.63) is 36.0 Å². The van der Waals surface area contributed by atoms with E-state index in [-0.39, 0.29) is 5.91 Å². The molecule has 0 bridgehead atoms. The number of pyridine rings is 1. The largest absolute Gasteiger partial charge is 0.388 e. The van der Waals surface area contributed by atoms with E-state index in [1.165, 1.54) is 0 Å². The molecule has 0 radical (unpaired) electrons. The van der Waals surface area contributed by atoms with Crippen LogP contribution in [0, 0.1) is 0 Å². The zero-order valence-electron chi connectivity index (χ0n) is 9.24. The molecule has 0 aliphatic carbocycles. The number of anilines is 1. The first-order valence-electron chi connectivity index (χ1n) is 5.06. The molecule has 82 valence electrons. The second-order valence-electron chi connectivity index (χ2n) is 3.40. The SMILES string of the molecule is CNC(=O)c1cc(NC)c2ccccc2n1. The van der Waals surface area contributed by atoms with Gasteiger partial charge in [-0.1, -0.05) is 18.2 Å². The van der Waals surface area contributed by atoms with Crippen molar-refractivity contribution < 1.29 is 4.79 Å². The first-order valence-corrected chi connectivity index (χ1v) is 5.06. The van der Waals surface area contributed by atoms with Gasteiger partial charge in [0.25, 0.3) is 5.91 Å². The molecule has 0 saturated heterocycles. The Morgan fingerprint density at radius 2 is 2.00 bits per heavy atom. The Morgan fingerprint density at radius 3 is 2.69 bits per heavy atom. The minimum atomic E-state index is -0.178. The fourth-order valence-corrected chi connectivity index (χ4v) is 1.63. The van der Waals surface area contributed by atoms with Crippen LogP contribution < -0.4 is 10.6 Å². The van der Waals surface area contributed by atoms with E-state index in [1.807, 2.05) is 31.3 Å². The standard InChI is InChI=1S/C12H13N3O/c1-13-10-7-11(12(16)14-2)15-9-6-4-3-5-8(9)10/h3-7H,1-2H3,(H,13,15)(H,14,16). The van der Waals surface area contributed by atoms with Crippen molar-refractivity contribution in [3.8, 4) is 0 Å². The number of rotatable bonds is 2. The topological polar surface area (TPSA) is 54.0 Å². The monoisotopic (exact) mass is 215 g/mol. The van der Waals surface area contributed by atoms with Gasteiger partial charge in [-0.15, -0.1) is 0 Å². The number of carbonyl (C=O) groups excluding carboxylic acids is 1. The van der Waals surface area contributed by atoms with Crippen LogP contribution in [0.4, 0.5) is 5.69 Å². The number of nitrogens with zero attached hydrogens (tertiary/aromatic N) is 1. The zero-order chi connectivity index (χ0) is 11.5. The van der Waals surface area contributed by atoms with Crippen molar-refractivity contribution in [1.82, 2.24) is 10.3 Å². The normalized spacial score (nSPS) is 10.1. The molecule has 0 atom stereocenters. The van der Waals surface area contributed by atoms with E-state index in [9.17, 15) is 4.79 Å². The van der Waals surface area contributed by atoms with Crippen LogP contribution in [0.15, 0.2) is 30.3 Å².